The van der Waals surface area contributed by atoms with E-state index in [1.807, 2.05) is 26.0 Å². The van der Waals surface area contributed by atoms with Gasteiger partial charge in [-0.2, -0.15) is 0 Å². The Kier molecular flexibility index (Phi) is 2.26. The smallest absolute Gasteiger partial charge is 0.197 e. The first kappa shape index (κ1) is 9.93. The zero-order valence-corrected chi connectivity index (χ0v) is 9.36. The van der Waals surface area contributed by atoms with Crippen LogP contribution in [-0.4, -0.2) is 12.6 Å². The molecule has 2 aliphatic heterocycles. The molecule has 0 saturated carbocycles. The first-order chi connectivity index (χ1) is 7.72. The van der Waals surface area contributed by atoms with E-state index in [0.717, 1.165) is 22.6 Å². The Morgan fingerprint density at radius 3 is 1.75 bits per heavy atom. The molecule has 2 atom stereocenters. The first-order valence-corrected chi connectivity index (χ1v) is 5.44. The average Bonchev–Trinajstić information content (AvgIpc) is 2.26. The minimum absolute atomic E-state index is 0.185. The Hall–Kier alpha value is -1.26. The van der Waals surface area contributed by atoms with Gasteiger partial charge in [0, 0.05) is 11.1 Å². The summed E-state index contributed by atoms with van der Waals surface area (Å²) >= 11 is 0. The van der Waals surface area contributed by atoms with Crippen molar-refractivity contribution >= 4 is 0 Å². The van der Waals surface area contributed by atoms with Crippen LogP contribution < -0.4 is 9.47 Å². The molecule has 2 unspecified atom stereocenters. The van der Waals surface area contributed by atoms with Crippen LogP contribution in [0, 0.1) is 0 Å². The van der Waals surface area contributed by atoms with E-state index in [9.17, 15) is 0 Å². The molecule has 0 aliphatic carbocycles. The van der Waals surface area contributed by atoms with Crippen molar-refractivity contribution in [2.45, 2.75) is 39.6 Å². The molecular formula is C12H14O4. The summed E-state index contributed by atoms with van der Waals surface area (Å²) in [6, 6.07) is 3.96. The highest BCUT2D eigenvalue weighted by Crippen LogP contribution is 2.35. The molecule has 4 nitrogen and oxygen atoms in total. The molecule has 3 rings (SSSR count). The summed E-state index contributed by atoms with van der Waals surface area (Å²) in [6.45, 7) is 4.92. The zero-order chi connectivity index (χ0) is 11.1. The fourth-order valence-electron chi connectivity index (χ4n) is 1.93. The molecule has 0 N–H and O–H groups in total. The summed E-state index contributed by atoms with van der Waals surface area (Å²) in [5.41, 5.74) is 2.07. The summed E-state index contributed by atoms with van der Waals surface area (Å²) in [7, 11) is 0. The summed E-state index contributed by atoms with van der Waals surface area (Å²) < 4.78 is 22.0. The number of hydrogen-bond donors (Lipinski definition) is 0. The summed E-state index contributed by atoms with van der Waals surface area (Å²) in [4.78, 5) is 0. The van der Waals surface area contributed by atoms with Gasteiger partial charge in [-0.1, -0.05) is 0 Å². The fraction of sp³-hybridized carbons (Fsp3) is 0.500. The highest BCUT2D eigenvalue weighted by Gasteiger charge is 2.23. The third-order valence-electron chi connectivity index (χ3n) is 2.78. The van der Waals surface area contributed by atoms with Crippen LogP contribution in [0.3, 0.4) is 0 Å². The largest absolute Gasteiger partial charge is 0.465 e. The third kappa shape index (κ3) is 1.64. The predicted octanol–water partition coefficient (Wildman–Crippen LogP) is 2.20. The maximum Gasteiger partial charge on any atom is 0.197 e. The standard InChI is InChI=1S/C12H14O4/c1-7-13-5-9-4-12-10(3-11(9)15-7)6-14-8(2)16-12/h3-4,7-8H,5-6H2,1-2H3. The number of hydrogen-bond acceptors (Lipinski definition) is 4. The molecule has 16 heavy (non-hydrogen) atoms. The Morgan fingerprint density at radius 1 is 0.875 bits per heavy atom. The number of rotatable bonds is 0. The van der Waals surface area contributed by atoms with Crippen molar-refractivity contribution in [1.29, 1.82) is 0 Å². The predicted molar refractivity (Wildman–Crippen MR) is 56.2 cm³/mol. The fourth-order valence-corrected chi connectivity index (χ4v) is 1.93. The Balaban J connectivity index is 1.99. The van der Waals surface area contributed by atoms with Crippen LogP contribution in [0.15, 0.2) is 12.1 Å². The second-order valence-electron chi connectivity index (χ2n) is 4.06. The molecule has 0 radical (unpaired) electrons. The van der Waals surface area contributed by atoms with E-state index in [4.69, 9.17) is 18.9 Å². The monoisotopic (exact) mass is 222 g/mol. The van der Waals surface area contributed by atoms with Crippen molar-refractivity contribution in [3.05, 3.63) is 23.3 Å². The van der Waals surface area contributed by atoms with Crippen molar-refractivity contribution < 1.29 is 18.9 Å². The van der Waals surface area contributed by atoms with Crippen LogP contribution in [0.2, 0.25) is 0 Å². The maximum atomic E-state index is 5.59. The first-order valence-electron chi connectivity index (χ1n) is 5.44. The van der Waals surface area contributed by atoms with E-state index in [0.29, 0.717) is 13.2 Å². The quantitative estimate of drug-likeness (QED) is 0.674. The number of benzene rings is 1. The van der Waals surface area contributed by atoms with Gasteiger partial charge in [0.1, 0.15) is 11.5 Å². The highest BCUT2D eigenvalue weighted by atomic mass is 16.7. The van der Waals surface area contributed by atoms with Gasteiger partial charge in [-0.25, -0.2) is 0 Å². The molecule has 0 bridgehead atoms. The van der Waals surface area contributed by atoms with Gasteiger partial charge in [0.2, 0.25) is 0 Å². The van der Waals surface area contributed by atoms with Crippen molar-refractivity contribution in [3.8, 4) is 11.5 Å². The lowest BCUT2D eigenvalue weighted by molar-refractivity contribution is -0.102. The van der Waals surface area contributed by atoms with Gasteiger partial charge in [-0.15, -0.1) is 0 Å². The Bertz CT molecular complexity index is 376. The van der Waals surface area contributed by atoms with E-state index in [1.165, 1.54) is 0 Å². The van der Waals surface area contributed by atoms with Crippen molar-refractivity contribution in [2.24, 2.45) is 0 Å². The summed E-state index contributed by atoms with van der Waals surface area (Å²) in [6.07, 6.45) is -0.371. The lowest BCUT2D eigenvalue weighted by atomic mass is 10.1. The van der Waals surface area contributed by atoms with Gasteiger partial charge < -0.3 is 18.9 Å². The molecule has 0 fully saturated rings. The summed E-state index contributed by atoms with van der Waals surface area (Å²) in [5, 5.41) is 0. The van der Waals surface area contributed by atoms with E-state index in [1.54, 1.807) is 0 Å². The van der Waals surface area contributed by atoms with Crippen LogP contribution >= 0.6 is 0 Å². The Labute approximate surface area is 94.1 Å². The van der Waals surface area contributed by atoms with E-state index in [-0.39, 0.29) is 12.6 Å². The second-order valence-corrected chi connectivity index (χ2v) is 4.06. The Morgan fingerprint density at radius 2 is 1.31 bits per heavy atom. The van der Waals surface area contributed by atoms with Crippen LogP contribution in [0.4, 0.5) is 0 Å². The molecular weight excluding hydrogens is 208 g/mol. The van der Waals surface area contributed by atoms with Gasteiger partial charge in [-0.05, 0) is 26.0 Å². The SMILES string of the molecule is CC1OCc2cc3c(cc2O1)COC(C)O3. The maximum absolute atomic E-state index is 5.59. The molecule has 2 aliphatic rings. The van der Waals surface area contributed by atoms with Crippen LogP contribution in [0.1, 0.15) is 25.0 Å². The van der Waals surface area contributed by atoms with Crippen LogP contribution in [0.25, 0.3) is 0 Å². The highest BCUT2D eigenvalue weighted by molar-refractivity contribution is 5.47. The number of fused-ring (bicyclic) bond motifs is 2. The molecule has 0 amide bonds. The van der Waals surface area contributed by atoms with Gasteiger partial charge in [-0.3, -0.25) is 0 Å². The normalized spacial score (nSPS) is 27.4. The van der Waals surface area contributed by atoms with E-state index >= 15 is 0 Å². The zero-order valence-electron chi connectivity index (χ0n) is 9.36. The lowest BCUT2D eigenvalue weighted by Gasteiger charge is -2.28. The van der Waals surface area contributed by atoms with Crippen LogP contribution in [-0.2, 0) is 22.7 Å². The topological polar surface area (TPSA) is 36.9 Å². The minimum atomic E-state index is -0.185. The van der Waals surface area contributed by atoms with Gasteiger partial charge in [0.05, 0.1) is 13.2 Å². The molecule has 86 valence electrons. The molecule has 2 heterocycles. The number of ether oxygens (including phenoxy) is 4. The van der Waals surface area contributed by atoms with Gasteiger partial charge in [0.25, 0.3) is 0 Å². The molecule has 0 spiro atoms. The second kappa shape index (κ2) is 3.64. The van der Waals surface area contributed by atoms with Crippen LogP contribution in [0.5, 0.6) is 11.5 Å². The van der Waals surface area contributed by atoms with Gasteiger partial charge >= 0.3 is 0 Å². The van der Waals surface area contributed by atoms with E-state index < -0.39 is 0 Å². The van der Waals surface area contributed by atoms with Gasteiger partial charge in [0.15, 0.2) is 12.6 Å². The summed E-state index contributed by atoms with van der Waals surface area (Å²) in [5.74, 6) is 1.75. The molecule has 0 saturated heterocycles. The average molecular weight is 222 g/mol. The molecule has 0 aromatic heterocycles. The van der Waals surface area contributed by atoms with Crippen molar-refractivity contribution in [3.63, 3.8) is 0 Å². The van der Waals surface area contributed by atoms with E-state index in [2.05, 4.69) is 0 Å². The molecule has 4 heteroatoms. The molecule has 1 aromatic rings. The molecule has 1 aromatic carbocycles. The lowest BCUT2D eigenvalue weighted by Crippen LogP contribution is -2.25. The van der Waals surface area contributed by atoms with Crippen molar-refractivity contribution in [1.82, 2.24) is 0 Å². The third-order valence-corrected chi connectivity index (χ3v) is 2.78. The minimum Gasteiger partial charge on any atom is -0.465 e. The van der Waals surface area contributed by atoms with Crippen molar-refractivity contribution in [2.75, 3.05) is 0 Å².